The molecule has 0 spiro atoms. The minimum atomic E-state index is -1.15. The fourth-order valence-electron chi connectivity index (χ4n) is 2.20. The van der Waals surface area contributed by atoms with E-state index in [2.05, 4.69) is 0 Å². The second kappa shape index (κ2) is 4.55. The molecule has 4 nitrogen and oxygen atoms in total. The molecule has 92 valence electrons. The minimum absolute atomic E-state index is 0.228. The number of hydrogen-bond acceptors (Lipinski definition) is 3. The van der Waals surface area contributed by atoms with Crippen molar-refractivity contribution in [3.05, 3.63) is 29.3 Å². The van der Waals surface area contributed by atoms with Gasteiger partial charge >= 0.3 is 5.97 Å². The van der Waals surface area contributed by atoms with E-state index in [1.807, 2.05) is 23.1 Å². The fourth-order valence-corrected chi connectivity index (χ4v) is 2.45. The zero-order valence-electron chi connectivity index (χ0n) is 9.27. The molecule has 1 atom stereocenters. The number of carbonyl (C=O) groups is 1. The summed E-state index contributed by atoms with van der Waals surface area (Å²) in [5.74, 6) is -0.978. The Kier molecular flexibility index (Phi) is 3.26. The SMILES string of the molecule is O=C(O)CC1(O)CCN(c2ccccc2Cl)C1. The van der Waals surface area contributed by atoms with Crippen LogP contribution in [0, 0.1) is 0 Å². The molecule has 0 aromatic heterocycles. The second-order valence-electron chi connectivity index (χ2n) is 4.42. The van der Waals surface area contributed by atoms with Crippen LogP contribution in [0.5, 0.6) is 0 Å². The Hall–Kier alpha value is -1.26. The Bertz CT molecular complexity index is 438. The van der Waals surface area contributed by atoms with Gasteiger partial charge in [0, 0.05) is 13.1 Å². The highest BCUT2D eigenvalue weighted by molar-refractivity contribution is 6.33. The van der Waals surface area contributed by atoms with Gasteiger partial charge in [0.25, 0.3) is 0 Å². The summed E-state index contributed by atoms with van der Waals surface area (Å²) in [6.07, 6.45) is 0.221. The molecule has 1 aliphatic rings. The van der Waals surface area contributed by atoms with Crippen molar-refractivity contribution in [2.75, 3.05) is 18.0 Å². The maximum Gasteiger partial charge on any atom is 0.306 e. The van der Waals surface area contributed by atoms with Crippen LogP contribution in [0.4, 0.5) is 5.69 Å². The lowest BCUT2D eigenvalue weighted by Crippen LogP contribution is -2.35. The van der Waals surface area contributed by atoms with Crippen molar-refractivity contribution in [1.29, 1.82) is 0 Å². The molecule has 17 heavy (non-hydrogen) atoms. The lowest BCUT2D eigenvalue weighted by molar-refractivity contribution is -0.141. The number of para-hydroxylation sites is 1. The average molecular weight is 256 g/mol. The molecule has 2 rings (SSSR count). The van der Waals surface area contributed by atoms with E-state index >= 15 is 0 Å². The number of benzene rings is 1. The minimum Gasteiger partial charge on any atom is -0.481 e. The normalized spacial score (nSPS) is 24.0. The number of carboxylic acids is 1. The predicted molar refractivity (Wildman–Crippen MR) is 65.5 cm³/mol. The molecule has 1 heterocycles. The molecule has 1 unspecified atom stereocenters. The zero-order valence-corrected chi connectivity index (χ0v) is 10.0. The van der Waals surface area contributed by atoms with Crippen LogP contribution in [0.1, 0.15) is 12.8 Å². The maximum atomic E-state index is 10.7. The Balaban J connectivity index is 2.13. The number of carboxylic acid groups (broad SMARTS) is 1. The first-order valence-corrected chi connectivity index (χ1v) is 5.82. The van der Waals surface area contributed by atoms with Crippen molar-refractivity contribution in [1.82, 2.24) is 0 Å². The Morgan fingerprint density at radius 3 is 2.82 bits per heavy atom. The van der Waals surface area contributed by atoms with Crippen LogP contribution in [0.2, 0.25) is 5.02 Å². The lowest BCUT2D eigenvalue weighted by Gasteiger charge is -2.23. The van der Waals surface area contributed by atoms with Gasteiger partial charge in [-0.1, -0.05) is 23.7 Å². The summed E-state index contributed by atoms with van der Waals surface area (Å²) in [5, 5.41) is 19.5. The van der Waals surface area contributed by atoms with Crippen molar-refractivity contribution in [2.24, 2.45) is 0 Å². The quantitative estimate of drug-likeness (QED) is 0.864. The molecule has 0 bridgehead atoms. The summed E-state index contributed by atoms with van der Waals surface area (Å²) in [5.41, 5.74) is -0.305. The van der Waals surface area contributed by atoms with Crippen LogP contribution < -0.4 is 4.90 Å². The van der Waals surface area contributed by atoms with Gasteiger partial charge in [0.05, 0.1) is 22.7 Å². The van der Waals surface area contributed by atoms with E-state index in [1.165, 1.54) is 0 Å². The van der Waals surface area contributed by atoms with E-state index < -0.39 is 11.6 Å². The highest BCUT2D eigenvalue weighted by Gasteiger charge is 2.38. The molecule has 5 heteroatoms. The van der Waals surface area contributed by atoms with E-state index in [9.17, 15) is 9.90 Å². The van der Waals surface area contributed by atoms with E-state index in [-0.39, 0.29) is 6.42 Å². The Morgan fingerprint density at radius 2 is 2.18 bits per heavy atom. The van der Waals surface area contributed by atoms with Gasteiger partial charge < -0.3 is 15.1 Å². The van der Waals surface area contributed by atoms with Crippen LogP contribution in [0.3, 0.4) is 0 Å². The van der Waals surface area contributed by atoms with Crippen molar-refractivity contribution < 1.29 is 15.0 Å². The fraction of sp³-hybridized carbons (Fsp3) is 0.417. The lowest BCUT2D eigenvalue weighted by atomic mass is 9.99. The van der Waals surface area contributed by atoms with Gasteiger partial charge in [0.15, 0.2) is 0 Å². The van der Waals surface area contributed by atoms with Crippen molar-refractivity contribution in [3.8, 4) is 0 Å². The molecule has 1 saturated heterocycles. The first-order chi connectivity index (χ1) is 8.00. The summed E-state index contributed by atoms with van der Waals surface area (Å²) in [6, 6.07) is 7.36. The van der Waals surface area contributed by atoms with Crippen LogP contribution in [-0.4, -0.2) is 34.9 Å². The summed E-state index contributed by atoms with van der Waals surface area (Å²) >= 11 is 6.06. The first kappa shape index (κ1) is 12.2. The molecular formula is C12H14ClNO3. The molecular weight excluding hydrogens is 242 g/mol. The molecule has 1 aromatic rings. The molecule has 0 radical (unpaired) electrons. The molecule has 1 aliphatic heterocycles. The van der Waals surface area contributed by atoms with Crippen LogP contribution in [0.15, 0.2) is 24.3 Å². The van der Waals surface area contributed by atoms with E-state index in [0.717, 1.165) is 5.69 Å². The van der Waals surface area contributed by atoms with Crippen LogP contribution >= 0.6 is 11.6 Å². The van der Waals surface area contributed by atoms with Gasteiger partial charge in [-0.2, -0.15) is 0 Å². The summed E-state index contributed by atoms with van der Waals surface area (Å²) in [6.45, 7) is 0.927. The van der Waals surface area contributed by atoms with E-state index in [1.54, 1.807) is 6.07 Å². The molecule has 2 N–H and O–H groups in total. The molecule has 1 fully saturated rings. The Labute approximate surface area is 104 Å². The van der Waals surface area contributed by atoms with Gasteiger partial charge in [-0.15, -0.1) is 0 Å². The van der Waals surface area contributed by atoms with Gasteiger partial charge in [-0.3, -0.25) is 4.79 Å². The standard InChI is InChI=1S/C12H14ClNO3/c13-9-3-1-2-4-10(9)14-6-5-12(17,8-14)7-11(15)16/h1-4,17H,5-8H2,(H,15,16). The third-order valence-corrected chi connectivity index (χ3v) is 3.33. The third kappa shape index (κ3) is 2.70. The van der Waals surface area contributed by atoms with Gasteiger partial charge in [-0.05, 0) is 18.6 Å². The Morgan fingerprint density at radius 1 is 1.47 bits per heavy atom. The number of hydrogen-bond donors (Lipinski definition) is 2. The number of nitrogens with zero attached hydrogens (tertiary/aromatic N) is 1. The summed E-state index contributed by atoms with van der Waals surface area (Å²) < 4.78 is 0. The average Bonchev–Trinajstić information content (AvgIpc) is 2.60. The molecule has 1 aromatic carbocycles. The molecule has 0 aliphatic carbocycles. The first-order valence-electron chi connectivity index (χ1n) is 5.44. The van der Waals surface area contributed by atoms with Crippen molar-refractivity contribution >= 4 is 23.3 Å². The number of aliphatic hydroxyl groups is 1. The zero-order chi connectivity index (χ0) is 12.5. The van der Waals surface area contributed by atoms with Crippen LogP contribution in [0.25, 0.3) is 0 Å². The summed E-state index contributed by atoms with van der Waals surface area (Å²) in [4.78, 5) is 12.6. The number of rotatable bonds is 3. The maximum absolute atomic E-state index is 10.7. The summed E-state index contributed by atoms with van der Waals surface area (Å²) in [7, 11) is 0. The van der Waals surface area contributed by atoms with Crippen LogP contribution in [-0.2, 0) is 4.79 Å². The smallest absolute Gasteiger partial charge is 0.306 e. The topological polar surface area (TPSA) is 60.8 Å². The van der Waals surface area contributed by atoms with Gasteiger partial charge in [0.1, 0.15) is 0 Å². The van der Waals surface area contributed by atoms with Gasteiger partial charge in [-0.25, -0.2) is 0 Å². The van der Waals surface area contributed by atoms with Crippen molar-refractivity contribution in [3.63, 3.8) is 0 Å². The van der Waals surface area contributed by atoms with Gasteiger partial charge in [0.2, 0.25) is 0 Å². The number of β-amino-alcohol motifs (C(OH)–C–C–N with tert-alkyl or cyclic N) is 1. The number of aliphatic carboxylic acids is 1. The van der Waals surface area contributed by atoms with Crippen molar-refractivity contribution in [2.45, 2.75) is 18.4 Å². The molecule has 0 saturated carbocycles. The highest BCUT2D eigenvalue weighted by Crippen LogP contribution is 2.33. The monoisotopic (exact) mass is 255 g/mol. The number of anilines is 1. The largest absolute Gasteiger partial charge is 0.481 e. The van der Waals surface area contributed by atoms with E-state index in [4.69, 9.17) is 16.7 Å². The predicted octanol–water partition coefficient (Wildman–Crippen LogP) is 1.76. The second-order valence-corrected chi connectivity index (χ2v) is 4.83. The third-order valence-electron chi connectivity index (χ3n) is 3.01. The van der Waals surface area contributed by atoms with E-state index in [0.29, 0.717) is 24.5 Å². The highest BCUT2D eigenvalue weighted by atomic mass is 35.5. The molecule has 0 amide bonds. The number of halogens is 1.